The standard InChI is InChI=1S/C25H33NO7/c1-24(2)10-8-20-25(15-24,23(30)33-5)14-17(13-21(27)28)22(29)26(20)11-9-16-6-7-18(31-3)19(12-16)32-4/h6-8,12,17H,9-11,13-15H2,1-5H3,(H,27,28)/t17-,25+/m0/s1. The van der Waals surface area contributed by atoms with Crippen molar-refractivity contribution >= 4 is 17.8 Å². The number of allylic oxidation sites excluding steroid dienone is 1. The van der Waals surface area contributed by atoms with Crippen molar-refractivity contribution in [3.8, 4) is 11.5 Å². The summed E-state index contributed by atoms with van der Waals surface area (Å²) >= 11 is 0. The van der Waals surface area contributed by atoms with Crippen molar-refractivity contribution in [3.05, 3.63) is 35.5 Å². The summed E-state index contributed by atoms with van der Waals surface area (Å²) in [6.45, 7) is 4.46. The minimum absolute atomic E-state index is 0.146. The van der Waals surface area contributed by atoms with Crippen LogP contribution in [0.4, 0.5) is 0 Å². The SMILES string of the molecule is COC(=O)[C@@]12C[C@H](CC(=O)O)C(=O)N(CCc3ccc(OC)c(OC)c3)C1=CCC(C)(C)C2. The van der Waals surface area contributed by atoms with Crippen molar-refractivity contribution in [2.75, 3.05) is 27.9 Å². The molecule has 1 aromatic rings. The van der Waals surface area contributed by atoms with E-state index in [9.17, 15) is 19.5 Å². The van der Waals surface area contributed by atoms with E-state index in [0.717, 1.165) is 5.56 Å². The summed E-state index contributed by atoms with van der Waals surface area (Å²) in [5.74, 6) is -1.33. The highest BCUT2D eigenvalue weighted by Gasteiger charge is 2.57. The molecule has 0 spiro atoms. The maximum absolute atomic E-state index is 13.4. The number of likely N-dealkylation sites (tertiary alicyclic amines) is 1. The zero-order chi connectivity index (χ0) is 24.4. The van der Waals surface area contributed by atoms with Gasteiger partial charge in [-0.05, 0) is 48.8 Å². The van der Waals surface area contributed by atoms with Gasteiger partial charge in [-0.2, -0.15) is 0 Å². The Bertz CT molecular complexity index is 968. The average Bonchev–Trinajstić information content (AvgIpc) is 2.77. The number of hydrogen-bond acceptors (Lipinski definition) is 6. The van der Waals surface area contributed by atoms with E-state index in [2.05, 4.69) is 13.8 Å². The van der Waals surface area contributed by atoms with Crippen molar-refractivity contribution in [3.63, 3.8) is 0 Å². The molecule has 1 saturated heterocycles. The quantitative estimate of drug-likeness (QED) is 0.594. The second-order valence-electron chi connectivity index (χ2n) is 9.64. The Kier molecular flexibility index (Phi) is 7.05. The van der Waals surface area contributed by atoms with Gasteiger partial charge in [0.05, 0.1) is 33.7 Å². The molecule has 2 aliphatic rings. The largest absolute Gasteiger partial charge is 0.493 e. The van der Waals surface area contributed by atoms with Crippen LogP contribution >= 0.6 is 0 Å². The van der Waals surface area contributed by atoms with Crippen LogP contribution in [0.5, 0.6) is 11.5 Å². The van der Waals surface area contributed by atoms with Gasteiger partial charge in [-0.3, -0.25) is 14.4 Å². The van der Waals surface area contributed by atoms with E-state index in [1.54, 1.807) is 25.2 Å². The molecular formula is C25H33NO7. The number of carboxylic acid groups (broad SMARTS) is 1. The smallest absolute Gasteiger partial charge is 0.317 e. The Morgan fingerprint density at radius 3 is 2.45 bits per heavy atom. The zero-order valence-corrected chi connectivity index (χ0v) is 20.0. The number of piperidine rings is 1. The Labute approximate surface area is 194 Å². The van der Waals surface area contributed by atoms with E-state index < -0.39 is 23.3 Å². The van der Waals surface area contributed by atoms with Crippen molar-refractivity contribution in [1.29, 1.82) is 0 Å². The Morgan fingerprint density at radius 1 is 1.15 bits per heavy atom. The van der Waals surface area contributed by atoms with Gasteiger partial charge in [0.2, 0.25) is 5.91 Å². The number of esters is 1. The van der Waals surface area contributed by atoms with E-state index in [4.69, 9.17) is 14.2 Å². The summed E-state index contributed by atoms with van der Waals surface area (Å²) in [6, 6.07) is 5.56. The van der Waals surface area contributed by atoms with Crippen molar-refractivity contribution in [2.45, 2.75) is 46.0 Å². The number of fused-ring (bicyclic) bond motifs is 1. The molecule has 1 amide bonds. The van der Waals surface area contributed by atoms with Gasteiger partial charge in [0.15, 0.2) is 11.5 Å². The number of aliphatic carboxylic acids is 1. The molecule has 33 heavy (non-hydrogen) atoms. The fraction of sp³-hybridized carbons (Fsp3) is 0.560. The Hall–Kier alpha value is -3.03. The molecule has 0 unspecified atom stereocenters. The van der Waals surface area contributed by atoms with Gasteiger partial charge in [0, 0.05) is 12.2 Å². The second-order valence-corrected chi connectivity index (χ2v) is 9.64. The number of nitrogens with zero attached hydrogens (tertiary/aromatic N) is 1. The van der Waals surface area contributed by atoms with E-state index in [1.165, 1.54) is 7.11 Å². The normalized spacial score (nSPS) is 23.9. The number of benzene rings is 1. The summed E-state index contributed by atoms with van der Waals surface area (Å²) in [5, 5.41) is 9.44. The van der Waals surface area contributed by atoms with Crippen LogP contribution in [0, 0.1) is 16.7 Å². The minimum atomic E-state index is -1.06. The highest BCUT2D eigenvalue weighted by atomic mass is 16.5. The van der Waals surface area contributed by atoms with Crippen LogP contribution in [0.1, 0.15) is 45.1 Å². The fourth-order valence-electron chi connectivity index (χ4n) is 5.27. The molecule has 1 aliphatic heterocycles. The molecule has 1 N–H and O–H groups in total. The van der Waals surface area contributed by atoms with Crippen LogP contribution in [-0.2, 0) is 25.5 Å². The van der Waals surface area contributed by atoms with Gasteiger partial charge in [-0.1, -0.05) is 26.0 Å². The predicted octanol–water partition coefficient (Wildman–Crippen LogP) is 3.43. The molecule has 8 nitrogen and oxygen atoms in total. The number of ether oxygens (including phenoxy) is 3. The molecule has 1 aliphatic carbocycles. The summed E-state index contributed by atoms with van der Waals surface area (Å²) in [7, 11) is 4.47. The molecule has 3 rings (SSSR count). The number of carboxylic acids is 1. The third-order valence-corrected chi connectivity index (χ3v) is 6.69. The first-order chi connectivity index (χ1) is 15.6. The molecule has 0 saturated carbocycles. The van der Waals surface area contributed by atoms with Gasteiger partial charge in [-0.25, -0.2) is 0 Å². The topological polar surface area (TPSA) is 102 Å². The second kappa shape index (κ2) is 9.45. The molecule has 1 aromatic carbocycles. The first-order valence-electron chi connectivity index (χ1n) is 11.1. The summed E-state index contributed by atoms with van der Waals surface area (Å²) in [4.78, 5) is 39.7. The summed E-state index contributed by atoms with van der Waals surface area (Å²) in [5.41, 5.74) is 0.352. The van der Waals surface area contributed by atoms with Crippen LogP contribution in [0.25, 0.3) is 0 Å². The maximum atomic E-state index is 13.4. The van der Waals surface area contributed by atoms with Gasteiger partial charge in [-0.15, -0.1) is 0 Å². The predicted molar refractivity (Wildman–Crippen MR) is 121 cm³/mol. The third-order valence-electron chi connectivity index (χ3n) is 6.69. The molecule has 0 bridgehead atoms. The van der Waals surface area contributed by atoms with Crippen molar-refractivity contribution in [2.24, 2.45) is 16.7 Å². The highest BCUT2D eigenvalue weighted by molar-refractivity contribution is 5.91. The van der Waals surface area contributed by atoms with Gasteiger partial charge in [0.1, 0.15) is 5.41 Å². The van der Waals surface area contributed by atoms with E-state index in [1.807, 2.05) is 18.2 Å². The maximum Gasteiger partial charge on any atom is 0.317 e. The molecule has 8 heteroatoms. The lowest BCUT2D eigenvalue weighted by Gasteiger charge is -2.51. The molecule has 0 radical (unpaired) electrons. The third kappa shape index (κ3) is 4.84. The van der Waals surface area contributed by atoms with Crippen LogP contribution < -0.4 is 9.47 Å². The molecular weight excluding hydrogens is 426 g/mol. The lowest BCUT2D eigenvalue weighted by Crippen LogP contribution is -2.56. The summed E-state index contributed by atoms with van der Waals surface area (Å²) < 4.78 is 15.9. The van der Waals surface area contributed by atoms with E-state index in [0.29, 0.717) is 43.0 Å². The van der Waals surface area contributed by atoms with Crippen molar-refractivity contribution < 1.29 is 33.7 Å². The fourth-order valence-corrected chi connectivity index (χ4v) is 5.27. The molecule has 1 heterocycles. The lowest BCUT2D eigenvalue weighted by molar-refractivity contribution is -0.163. The first kappa shape index (κ1) is 24.6. The Balaban J connectivity index is 1.98. The number of amides is 1. The van der Waals surface area contributed by atoms with Crippen LogP contribution in [0.15, 0.2) is 30.0 Å². The van der Waals surface area contributed by atoms with Crippen LogP contribution in [-0.4, -0.2) is 55.7 Å². The van der Waals surface area contributed by atoms with Gasteiger partial charge in [0.25, 0.3) is 0 Å². The average molecular weight is 460 g/mol. The zero-order valence-electron chi connectivity index (χ0n) is 20.0. The molecule has 180 valence electrons. The van der Waals surface area contributed by atoms with E-state index in [-0.39, 0.29) is 24.2 Å². The number of carbonyl (C=O) groups excluding carboxylic acids is 2. The van der Waals surface area contributed by atoms with Gasteiger partial charge < -0.3 is 24.2 Å². The van der Waals surface area contributed by atoms with Crippen molar-refractivity contribution in [1.82, 2.24) is 4.90 Å². The number of carbonyl (C=O) groups is 3. The number of rotatable bonds is 8. The van der Waals surface area contributed by atoms with Gasteiger partial charge >= 0.3 is 11.9 Å². The Morgan fingerprint density at radius 2 is 1.85 bits per heavy atom. The minimum Gasteiger partial charge on any atom is -0.493 e. The molecule has 0 aromatic heterocycles. The highest BCUT2D eigenvalue weighted by Crippen LogP contribution is 2.54. The van der Waals surface area contributed by atoms with Crippen LogP contribution in [0.3, 0.4) is 0 Å². The van der Waals surface area contributed by atoms with E-state index >= 15 is 0 Å². The monoisotopic (exact) mass is 459 g/mol. The number of methoxy groups -OCH3 is 3. The summed E-state index contributed by atoms with van der Waals surface area (Å²) in [6.07, 6.45) is 3.50. The lowest BCUT2D eigenvalue weighted by atomic mass is 9.60. The number of hydrogen-bond donors (Lipinski definition) is 1. The molecule has 2 atom stereocenters. The van der Waals surface area contributed by atoms with Crippen LogP contribution in [0.2, 0.25) is 0 Å². The molecule has 1 fully saturated rings. The first-order valence-corrected chi connectivity index (χ1v) is 11.1.